The minimum Gasteiger partial charge on any atom is -0.392 e. The van der Waals surface area contributed by atoms with Crippen LogP contribution in [0.2, 0.25) is 0 Å². The van der Waals surface area contributed by atoms with Crippen LogP contribution >= 0.6 is 23.5 Å². The van der Waals surface area contributed by atoms with Gasteiger partial charge in [-0.3, -0.25) is 0 Å². The maximum Gasteiger partial charge on any atom is 0.0709 e. The zero-order chi connectivity index (χ0) is 14.0. The van der Waals surface area contributed by atoms with Gasteiger partial charge < -0.3 is 5.11 Å². The molecule has 1 nitrogen and oxygen atoms in total. The maximum absolute atomic E-state index is 10.6. The molecule has 0 saturated carbocycles. The molecule has 19 heavy (non-hydrogen) atoms. The Kier molecular flexibility index (Phi) is 5.27. The predicted octanol–water partition coefficient (Wildman–Crippen LogP) is 3.75. The Morgan fingerprint density at radius 3 is 2.32 bits per heavy atom. The van der Waals surface area contributed by atoms with Crippen molar-refractivity contribution in [2.45, 2.75) is 50.7 Å². The lowest BCUT2D eigenvalue weighted by atomic mass is 9.94. The Hall–Kier alpha value is -0.120. The van der Waals surface area contributed by atoms with Gasteiger partial charge in [-0.25, -0.2) is 0 Å². The van der Waals surface area contributed by atoms with Crippen molar-refractivity contribution in [3.05, 3.63) is 34.4 Å². The molecular weight excluding hydrogens is 272 g/mol. The van der Waals surface area contributed by atoms with Crippen LogP contribution in [-0.4, -0.2) is 33.2 Å². The molecular formula is C16H24OS2. The number of rotatable bonds is 3. The summed E-state index contributed by atoms with van der Waals surface area (Å²) in [5.41, 5.74) is 5.28. The molecule has 1 aliphatic rings. The van der Waals surface area contributed by atoms with E-state index in [1.54, 1.807) is 0 Å². The molecule has 3 atom stereocenters. The maximum atomic E-state index is 10.6. The molecule has 1 aromatic rings. The quantitative estimate of drug-likeness (QED) is 0.917. The third kappa shape index (κ3) is 3.71. The molecule has 1 fully saturated rings. The average Bonchev–Trinajstić information content (AvgIpc) is 2.34. The number of aryl methyl sites for hydroxylation is 3. The van der Waals surface area contributed by atoms with Crippen molar-refractivity contribution in [3.63, 3.8) is 0 Å². The van der Waals surface area contributed by atoms with Crippen LogP contribution < -0.4 is 0 Å². The van der Waals surface area contributed by atoms with Crippen LogP contribution in [-0.2, 0) is 6.42 Å². The Morgan fingerprint density at radius 2 is 1.74 bits per heavy atom. The SMILES string of the molecule is Cc1cc(C)c(CC(O)C2SCCSC2C)c(C)c1. The molecule has 1 aromatic carbocycles. The molecule has 0 aromatic heterocycles. The number of aliphatic hydroxyl groups excluding tert-OH is 1. The van der Waals surface area contributed by atoms with Gasteiger partial charge >= 0.3 is 0 Å². The number of hydrogen-bond acceptors (Lipinski definition) is 3. The highest BCUT2D eigenvalue weighted by Gasteiger charge is 2.29. The molecule has 106 valence electrons. The van der Waals surface area contributed by atoms with E-state index in [-0.39, 0.29) is 6.10 Å². The fourth-order valence-corrected chi connectivity index (χ4v) is 5.78. The van der Waals surface area contributed by atoms with Gasteiger partial charge in [0.2, 0.25) is 0 Å². The van der Waals surface area contributed by atoms with Crippen LogP contribution in [0.3, 0.4) is 0 Å². The first-order valence-electron chi connectivity index (χ1n) is 6.97. The number of thioether (sulfide) groups is 2. The van der Waals surface area contributed by atoms with Gasteiger partial charge in [0.05, 0.1) is 6.10 Å². The molecule has 0 radical (unpaired) electrons. The van der Waals surface area contributed by atoms with Gasteiger partial charge in [0.25, 0.3) is 0 Å². The van der Waals surface area contributed by atoms with Crippen LogP contribution in [0.15, 0.2) is 12.1 Å². The molecule has 3 unspecified atom stereocenters. The van der Waals surface area contributed by atoms with E-state index in [1.165, 1.54) is 33.8 Å². The lowest BCUT2D eigenvalue weighted by molar-refractivity contribution is 0.171. The molecule has 1 heterocycles. The first kappa shape index (κ1) is 15.3. The van der Waals surface area contributed by atoms with Gasteiger partial charge in [0.1, 0.15) is 0 Å². The first-order valence-corrected chi connectivity index (χ1v) is 9.06. The smallest absolute Gasteiger partial charge is 0.0709 e. The zero-order valence-electron chi connectivity index (χ0n) is 12.3. The van der Waals surface area contributed by atoms with E-state index in [0.717, 1.165) is 6.42 Å². The molecule has 3 heteroatoms. The molecule has 1 N–H and O–H groups in total. The minimum atomic E-state index is -0.229. The summed E-state index contributed by atoms with van der Waals surface area (Å²) in [6.45, 7) is 8.71. The topological polar surface area (TPSA) is 20.2 Å². The summed E-state index contributed by atoms with van der Waals surface area (Å²) in [6.07, 6.45) is 0.563. The van der Waals surface area contributed by atoms with E-state index < -0.39 is 0 Å². The Balaban J connectivity index is 2.12. The second kappa shape index (κ2) is 6.55. The molecule has 2 rings (SSSR count). The van der Waals surface area contributed by atoms with E-state index in [1.807, 2.05) is 23.5 Å². The van der Waals surface area contributed by atoms with E-state index in [0.29, 0.717) is 10.5 Å². The minimum absolute atomic E-state index is 0.229. The number of benzene rings is 1. The molecule has 0 spiro atoms. The van der Waals surface area contributed by atoms with E-state index in [4.69, 9.17) is 0 Å². The van der Waals surface area contributed by atoms with Crippen molar-refractivity contribution in [1.82, 2.24) is 0 Å². The van der Waals surface area contributed by atoms with Gasteiger partial charge in [-0.1, -0.05) is 24.6 Å². The highest BCUT2D eigenvalue weighted by atomic mass is 32.2. The molecule has 1 aliphatic heterocycles. The second-order valence-electron chi connectivity index (χ2n) is 5.56. The van der Waals surface area contributed by atoms with Crippen LogP contribution in [0.5, 0.6) is 0 Å². The summed E-state index contributed by atoms with van der Waals surface area (Å²) >= 11 is 3.94. The molecule has 0 bridgehead atoms. The summed E-state index contributed by atoms with van der Waals surface area (Å²) < 4.78 is 0. The second-order valence-corrected chi connectivity index (χ2v) is 8.33. The highest BCUT2D eigenvalue weighted by Crippen LogP contribution is 2.34. The fourth-order valence-electron chi connectivity index (χ4n) is 2.93. The molecule has 0 aliphatic carbocycles. The third-order valence-electron chi connectivity index (χ3n) is 3.87. The molecule has 0 amide bonds. The summed E-state index contributed by atoms with van der Waals surface area (Å²) in [7, 11) is 0. The van der Waals surface area contributed by atoms with Crippen molar-refractivity contribution >= 4 is 23.5 Å². The van der Waals surface area contributed by atoms with E-state index in [2.05, 4.69) is 39.8 Å². The van der Waals surface area contributed by atoms with E-state index in [9.17, 15) is 5.11 Å². The number of hydrogen-bond donors (Lipinski definition) is 1. The zero-order valence-corrected chi connectivity index (χ0v) is 13.9. The van der Waals surface area contributed by atoms with Gasteiger partial charge in [-0.05, 0) is 43.9 Å². The van der Waals surface area contributed by atoms with Gasteiger partial charge in [-0.15, -0.1) is 0 Å². The standard InChI is InChI=1S/C16H24OS2/c1-10-7-11(2)14(12(3)8-10)9-15(17)16-13(4)18-5-6-19-16/h7-8,13,15-17H,5-6,9H2,1-4H3. The summed E-state index contributed by atoms with van der Waals surface area (Å²) in [6, 6.07) is 4.45. The van der Waals surface area contributed by atoms with Gasteiger partial charge in [0.15, 0.2) is 0 Å². The lowest BCUT2D eigenvalue weighted by Gasteiger charge is -2.32. The Bertz CT molecular complexity index is 421. The van der Waals surface area contributed by atoms with Crippen LogP contribution in [0.1, 0.15) is 29.2 Å². The van der Waals surface area contributed by atoms with Crippen molar-refractivity contribution in [1.29, 1.82) is 0 Å². The van der Waals surface area contributed by atoms with Crippen LogP contribution in [0.25, 0.3) is 0 Å². The average molecular weight is 297 g/mol. The third-order valence-corrected chi connectivity index (χ3v) is 7.11. The monoisotopic (exact) mass is 296 g/mol. The van der Waals surface area contributed by atoms with E-state index >= 15 is 0 Å². The predicted molar refractivity (Wildman–Crippen MR) is 88.5 cm³/mol. The summed E-state index contributed by atoms with van der Waals surface area (Å²) in [5, 5.41) is 11.5. The molecule has 1 saturated heterocycles. The van der Waals surface area contributed by atoms with Crippen molar-refractivity contribution in [2.75, 3.05) is 11.5 Å². The highest BCUT2D eigenvalue weighted by molar-refractivity contribution is 8.07. The van der Waals surface area contributed by atoms with Crippen molar-refractivity contribution in [3.8, 4) is 0 Å². The fraction of sp³-hybridized carbons (Fsp3) is 0.625. The van der Waals surface area contributed by atoms with Gasteiger partial charge in [0, 0.05) is 22.0 Å². The van der Waals surface area contributed by atoms with Gasteiger partial charge in [-0.2, -0.15) is 23.5 Å². The lowest BCUT2D eigenvalue weighted by Crippen LogP contribution is -2.36. The van der Waals surface area contributed by atoms with Crippen LogP contribution in [0, 0.1) is 20.8 Å². The van der Waals surface area contributed by atoms with Crippen molar-refractivity contribution in [2.24, 2.45) is 0 Å². The normalized spacial score (nSPS) is 25.3. The van der Waals surface area contributed by atoms with Crippen molar-refractivity contribution < 1.29 is 5.11 Å². The largest absolute Gasteiger partial charge is 0.392 e. The Labute approximate surface area is 125 Å². The summed E-state index contributed by atoms with van der Waals surface area (Å²) in [4.78, 5) is 0. The number of aliphatic hydroxyl groups is 1. The van der Waals surface area contributed by atoms with Crippen LogP contribution in [0.4, 0.5) is 0 Å². The Morgan fingerprint density at radius 1 is 1.16 bits per heavy atom. The first-order chi connectivity index (χ1) is 8.99. The summed E-state index contributed by atoms with van der Waals surface area (Å²) in [5.74, 6) is 2.39.